The number of nitro benzene ring substituents is 3. The second kappa shape index (κ2) is 29.5. The maximum absolute atomic E-state index is 13.0. The molecule has 0 radical (unpaired) electrons. The van der Waals surface area contributed by atoms with Crippen molar-refractivity contribution in [2.24, 2.45) is 11.8 Å². The predicted octanol–water partition coefficient (Wildman–Crippen LogP) is 15.0. The van der Waals surface area contributed by atoms with Gasteiger partial charge >= 0.3 is 24.5 Å². The van der Waals surface area contributed by atoms with Gasteiger partial charge in [0.2, 0.25) is 0 Å². The number of carbonyl (C=O) groups is 4. The average Bonchev–Trinajstić information content (AvgIpc) is 0.818. The topological polar surface area (TPSA) is 297 Å². The first-order valence-corrected chi connectivity index (χ1v) is 29.8. The van der Waals surface area contributed by atoms with Gasteiger partial charge in [-0.05, 0) is 144 Å². The van der Waals surface area contributed by atoms with Gasteiger partial charge in [-0.2, -0.15) is 0 Å². The first-order valence-electron chi connectivity index (χ1n) is 29.8. The molecule has 468 valence electrons. The molecule has 7 aromatic rings. The van der Waals surface area contributed by atoms with Crippen LogP contribution >= 0.6 is 0 Å². The Bertz CT molecular complexity index is 3610. The molecule has 4 aliphatic rings. The van der Waals surface area contributed by atoms with Gasteiger partial charge < -0.3 is 44.2 Å². The molecule has 0 aliphatic heterocycles. The molecule has 22 heteroatoms. The maximum Gasteiger partial charge on any atom is 0.519 e. The lowest BCUT2D eigenvalue weighted by atomic mass is 9.59. The lowest BCUT2D eigenvalue weighted by Gasteiger charge is -2.49. The molecule has 0 spiro atoms. The summed E-state index contributed by atoms with van der Waals surface area (Å²) < 4.78 is 31.5. The Morgan fingerprint density at radius 1 is 0.467 bits per heavy atom. The lowest BCUT2D eigenvalue weighted by Crippen LogP contribution is -2.57. The quantitative estimate of drug-likeness (QED) is 0.0418. The van der Waals surface area contributed by atoms with Crippen molar-refractivity contribution in [1.29, 1.82) is 0 Å². The zero-order valence-electron chi connectivity index (χ0n) is 49.7. The summed E-state index contributed by atoms with van der Waals surface area (Å²) in [7, 11) is 0. The second-order valence-electron chi connectivity index (χ2n) is 23.2. The minimum absolute atomic E-state index is 0.0189. The molecule has 4 aliphatic carbocycles. The van der Waals surface area contributed by atoms with E-state index < -0.39 is 33.2 Å². The van der Waals surface area contributed by atoms with Gasteiger partial charge in [0.25, 0.3) is 17.1 Å². The minimum atomic E-state index is -1.07. The van der Waals surface area contributed by atoms with E-state index in [9.17, 15) is 54.6 Å². The molecule has 90 heavy (non-hydrogen) atoms. The van der Waals surface area contributed by atoms with E-state index in [0.717, 1.165) is 80.9 Å². The summed E-state index contributed by atoms with van der Waals surface area (Å²) in [6, 6.07) is 45.4. The largest absolute Gasteiger partial charge is 0.519 e. The van der Waals surface area contributed by atoms with Gasteiger partial charge in [-0.25, -0.2) is 19.2 Å². The highest BCUT2D eigenvalue weighted by atomic mass is 16.7. The van der Waals surface area contributed by atoms with Crippen molar-refractivity contribution in [3.8, 4) is 28.7 Å². The van der Waals surface area contributed by atoms with E-state index >= 15 is 0 Å². The molecule has 2 saturated carbocycles. The summed E-state index contributed by atoms with van der Waals surface area (Å²) in [6.07, 6.45) is 9.78. The van der Waals surface area contributed by atoms with Crippen LogP contribution in [0.15, 0.2) is 170 Å². The Morgan fingerprint density at radius 2 is 0.822 bits per heavy atom. The number of phenols is 1. The molecule has 11 rings (SSSR count). The highest BCUT2D eigenvalue weighted by Gasteiger charge is 2.48. The van der Waals surface area contributed by atoms with Crippen molar-refractivity contribution in [1.82, 2.24) is 10.6 Å². The van der Waals surface area contributed by atoms with Gasteiger partial charge in [-0.3, -0.25) is 30.3 Å². The van der Waals surface area contributed by atoms with Crippen molar-refractivity contribution >= 4 is 41.6 Å². The van der Waals surface area contributed by atoms with E-state index in [1.54, 1.807) is 12.1 Å². The van der Waals surface area contributed by atoms with Gasteiger partial charge in [0.1, 0.15) is 42.0 Å². The first-order chi connectivity index (χ1) is 43.3. The van der Waals surface area contributed by atoms with Gasteiger partial charge in [0.15, 0.2) is 0 Å². The fourth-order valence-electron chi connectivity index (χ4n) is 12.7. The molecular formula is C68H69N5O17. The van der Waals surface area contributed by atoms with E-state index in [1.165, 1.54) is 102 Å². The molecule has 0 saturated heterocycles. The number of alkyl carbamates (subject to hydrolysis) is 2. The van der Waals surface area contributed by atoms with Gasteiger partial charge in [-0.1, -0.05) is 125 Å². The summed E-state index contributed by atoms with van der Waals surface area (Å²) in [6.45, 7) is 4.89. The molecule has 6 atom stereocenters. The first kappa shape index (κ1) is 64.1. The number of carbonyl (C=O) groups excluding carboxylic acids is 4. The number of amides is 2. The van der Waals surface area contributed by atoms with Crippen LogP contribution in [0.5, 0.6) is 28.7 Å². The molecule has 7 aromatic carbocycles. The van der Waals surface area contributed by atoms with Crippen LogP contribution in [-0.4, -0.2) is 56.5 Å². The Labute approximate surface area is 518 Å². The summed E-state index contributed by atoms with van der Waals surface area (Å²) >= 11 is 0. The highest BCUT2D eigenvalue weighted by molar-refractivity contribution is 5.70. The van der Waals surface area contributed by atoms with E-state index in [-0.39, 0.29) is 82.4 Å². The summed E-state index contributed by atoms with van der Waals surface area (Å²) in [5.74, 6) is 1.56. The van der Waals surface area contributed by atoms with E-state index in [0.29, 0.717) is 17.4 Å². The molecular weight excluding hydrogens is 1160 g/mol. The zero-order valence-corrected chi connectivity index (χ0v) is 49.7. The number of hydrogen-bond donors (Lipinski definition) is 3. The van der Waals surface area contributed by atoms with Crippen molar-refractivity contribution in [2.45, 2.75) is 127 Å². The fourth-order valence-corrected chi connectivity index (χ4v) is 12.7. The number of aromatic hydroxyl groups is 1. The molecule has 0 unspecified atom stereocenters. The molecule has 2 amide bonds. The number of nitrogens with one attached hydrogen (secondary N) is 2. The number of hydrogen-bond acceptors (Lipinski definition) is 17. The number of nitrogens with zero attached hydrogens (tertiary/aromatic N) is 3. The maximum atomic E-state index is 13.0. The van der Waals surface area contributed by atoms with Crippen LogP contribution in [-0.2, 0) is 46.4 Å². The molecule has 4 bridgehead atoms. The van der Waals surface area contributed by atoms with Crippen LogP contribution < -0.4 is 29.6 Å². The molecule has 22 nitrogen and oxygen atoms in total. The zero-order chi connectivity index (χ0) is 63.8. The van der Waals surface area contributed by atoms with Crippen molar-refractivity contribution in [3.63, 3.8) is 0 Å². The van der Waals surface area contributed by atoms with Crippen molar-refractivity contribution in [2.75, 3.05) is 0 Å². The van der Waals surface area contributed by atoms with Crippen LogP contribution in [0, 0.1) is 42.2 Å². The Balaban J connectivity index is 0.000000168. The predicted molar refractivity (Wildman–Crippen MR) is 330 cm³/mol. The third kappa shape index (κ3) is 16.6. The van der Waals surface area contributed by atoms with Gasteiger partial charge in [0.05, 0.1) is 14.8 Å². The fraction of sp³-hybridized carbons (Fsp3) is 0.324. The Morgan fingerprint density at radius 3 is 1.21 bits per heavy atom. The van der Waals surface area contributed by atoms with E-state index in [4.69, 9.17) is 28.4 Å². The molecule has 3 N–H and O–H groups in total. The number of fused-ring (bicyclic) bond motifs is 8. The number of benzene rings is 7. The van der Waals surface area contributed by atoms with Crippen LogP contribution in [0.2, 0.25) is 0 Å². The highest BCUT2D eigenvalue weighted by Crippen LogP contribution is 2.49. The molecule has 0 aromatic heterocycles. The van der Waals surface area contributed by atoms with E-state index in [2.05, 4.69) is 30.5 Å². The molecule has 2 fully saturated rings. The third-order valence-electron chi connectivity index (χ3n) is 17.1. The SMILES string of the molecule is C[C@@]12CCCCC[C@@H](Cc3ccc(O)cc31)[C@@H]2NC(=O)OCc1ccccc1.C[C@@]12CCCCC[C@@H](Cc3ccc(OC(=O)Oc4ccc([N+](=O)[O-])cc4)cc31)[C@@H]2NC(=O)OCc1ccccc1.O=C(Oc1ccc([N+](=O)[O-])cc1)Oc1ccc([N+](=O)[O-])cc1. The number of ether oxygens (including phenoxy) is 6. The van der Waals surface area contributed by atoms with Gasteiger partial charge in [0, 0.05) is 59.3 Å². The Kier molecular flexibility index (Phi) is 21.0. The number of non-ortho nitro benzene ring substituents is 3. The van der Waals surface area contributed by atoms with Crippen molar-refractivity contribution in [3.05, 3.63) is 234 Å². The van der Waals surface area contributed by atoms with Crippen LogP contribution in [0.4, 0.5) is 36.2 Å². The second-order valence-corrected chi connectivity index (χ2v) is 23.2. The molecule has 0 heterocycles. The summed E-state index contributed by atoms with van der Waals surface area (Å²) in [4.78, 5) is 79.7. The number of phenolic OH excluding ortho intramolecular Hbond substituents is 1. The van der Waals surface area contributed by atoms with E-state index in [1.807, 2.05) is 78.9 Å². The summed E-state index contributed by atoms with van der Waals surface area (Å²) in [5, 5.41) is 48.3. The van der Waals surface area contributed by atoms with Crippen LogP contribution in [0.1, 0.15) is 111 Å². The van der Waals surface area contributed by atoms with Crippen LogP contribution in [0.25, 0.3) is 0 Å². The standard InChI is InChI=1S/C31H32N2O7.C24H29NO3.C13H8N2O7/c1-31-17-7-3-6-10-23(28(31)32-29(34)38-20-21-8-4-2-5-9-21)18-22-11-14-26(19-27(22)31)40-30(35)39-25-15-12-24(13-16-25)33(36)37;1-24-13-7-3-6-10-19(14-18-11-12-20(26)15-21(18)24)22(24)25-23(27)28-16-17-8-4-2-5-9-17;16-13(21-11-5-1-9(2-6-11)14(17)18)22-12-7-3-10(4-8-12)15(19)20/h2,4-5,8-9,11-16,19,23,28H,3,6-7,10,17-18,20H2,1H3,(H,32,34);2,4-5,8-9,11-12,15,19,22,26H,3,6-7,10,13-14,16H2,1H3,(H,25,27);1-8H/t23-,28-,31+;19-,22-,24+;/m00./s1. The minimum Gasteiger partial charge on any atom is -0.508 e. The number of nitro groups is 3. The van der Waals surface area contributed by atoms with Crippen LogP contribution in [0.3, 0.4) is 0 Å². The average molecular weight is 1230 g/mol. The Hall–Kier alpha value is -10.4. The summed E-state index contributed by atoms with van der Waals surface area (Å²) in [5.41, 5.74) is 5.66. The normalized spacial score (nSPS) is 20.2. The number of rotatable bonds is 13. The lowest BCUT2D eigenvalue weighted by molar-refractivity contribution is -0.385. The smallest absolute Gasteiger partial charge is 0.508 e. The third-order valence-corrected chi connectivity index (χ3v) is 17.1. The van der Waals surface area contributed by atoms with Gasteiger partial charge in [-0.15, -0.1) is 0 Å². The van der Waals surface area contributed by atoms with Crippen molar-refractivity contribution < 1.29 is 67.5 Å². The monoisotopic (exact) mass is 1230 g/mol.